The highest BCUT2D eigenvalue weighted by molar-refractivity contribution is 5.79. The fourth-order valence-corrected chi connectivity index (χ4v) is 1.72. The first kappa shape index (κ1) is 13.3. The average molecular weight is 265 g/mol. The number of rotatable bonds is 2. The van der Waals surface area contributed by atoms with Gasteiger partial charge in [0.2, 0.25) is 0 Å². The summed E-state index contributed by atoms with van der Waals surface area (Å²) in [5.74, 6) is 0. The minimum Gasteiger partial charge on any atom is -0.298 e. The van der Waals surface area contributed by atoms with Crippen molar-refractivity contribution in [3.8, 4) is 11.1 Å². The molecule has 0 saturated carbocycles. The molecule has 0 aliphatic heterocycles. The lowest BCUT2D eigenvalue weighted by atomic mass is 10.0. The van der Waals surface area contributed by atoms with Gasteiger partial charge in [0, 0.05) is 17.3 Å². The first-order valence-corrected chi connectivity index (χ1v) is 5.51. The van der Waals surface area contributed by atoms with Gasteiger partial charge in [0.25, 0.3) is 0 Å². The van der Waals surface area contributed by atoms with Crippen LogP contribution >= 0.6 is 0 Å². The molecule has 0 unspecified atom stereocenters. The third kappa shape index (κ3) is 2.81. The van der Waals surface area contributed by atoms with E-state index in [0.717, 1.165) is 23.5 Å². The molecule has 0 N–H and O–H groups in total. The number of aldehydes is 1. The second kappa shape index (κ2) is 4.84. The maximum absolute atomic E-state index is 12.4. The molecule has 0 atom stereocenters. The molecule has 2 nitrogen and oxygen atoms in total. The second-order valence-corrected chi connectivity index (χ2v) is 4.12. The van der Waals surface area contributed by atoms with Gasteiger partial charge < -0.3 is 0 Å². The minimum atomic E-state index is -4.43. The molecule has 1 aromatic carbocycles. The van der Waals surface area contributed by atoms with Crippen LogP contribution in [0.15, 0.2) is 36.5 Å². The van der Waals surface area contributed by atoms with Crippen LogP contribution in [0, 0.1) is 6.92 Å². The van der Waals surface area contributed by atoms with Crippen LogP contribution in [0.3, 0.4) is 0 Å². The molecule has 0 fully saturated rings. The molecule has 0 amide bonds. The van der Waals surface area contributed by atoms with Gasteiger partial charge in [-0.3, -0.25) is 9.78 Å². The number of hydrogen-bond donors (Lipinski definition) is 0. The number of aryl methyl sites for hydroxylation is 1. The molecule has 0 bridgehead atoms. The summed E-state index contributed by atoms with van der Waals surface area (Å²) >= 11 is 0. The Balaban J connectivity index is 2.37. The zero-order valence-electron chi connectivity index (χ0n) is 10.0. The van der Waals surface area contributed by atoms with Crippen LogP contribution in [0.4, 0.5) is 13.2 Å². The van der Waals surface area contributed by atoms with Gasteiger partial charge in [-0.25, -0.2) is 0 Å². The molecule has 0 saturated heterocycles. The highest BCUT2D eigenvalue weighted by Crippen LogP contribution is 2.29. The molecular formula is C14H10F3NO. The summed E-state index contributed by atoms with van der Waals surface area (Å²) in [6.45, 7) is 1.77. The highest BCUT2D eigenvalue weighted by atomic mass is 19.4. The van der Waals surface area contributed by atoms with Gasteiger partial charge in [-0.05, 0) is 24.1 Å². The Morgan fingerprint density at radius 1 is 1.11 bits per heavy atom. The number of nitrogens with zero attached hydrogens (tertiary/aromatic N) is 1. The summed E-state index contributed by atoms with van der Waals surface area (Å²) < 4.78 is 37.2. The first-order valence-electron chi connectivity index (χ1n) is 5.51. The van der Waals surface area contributed by atoms with Crippen LogP contribution in [0.5, 0.6) is 0 Å². The van der Waals surface area contributed by atoms with E-state index in [2.05, 4.69) is 4.98 Å². The van der Waals surface area contributed by atoms with Crippen LogP contribution in [-0.2, 0) is 6.18 Å². The van der Waals surface area contributed by atoms with E-state index in [9.17, 15) is 18.0 Å². The number of carbonyl (C=O) groups excluding carboxylic acids is 1. The Labute approximate surface area is 107 Å². The van der Waals surface area contributed by atoms with Crippen molar-refractivity contribution in [2.24, 2.45) is 0 Å². The molecule has 0 spiro atoms. The summed E-state index contributed by atoms with van der Waals surface area (Å²) in [5, 5.41) is 0. The van der Waals surface area contributed by atoms with E-state index in [-0.39, 0.29) is 0 Å². The Morgan fingerprint density at radius 2 is 1.79 bits per heavy atom. The van der Waals surface area contributed by atoms with E-state index in [1.165, 1.54) is 12.3 Å². The zero-order chi connectivity index (χ0) is 14.0. The summed E-state index contributed by atoms with van der Waals surface area (Å²) in [7, 11) is 0. The average Bonchev–Trinajstić information content (AvgIpc) is 2.38. The van der Waals surface area contributed by atoms with E-state index in [1.807, 2.05) is 0 Å². The van der Waals surface area contributed by atoms with E-state index in [1.54, 1.807) is 25.1 Å². The van der Waals surface area contributed by atoms with Gasteiger partial charge in [-0.2, -0.15) is 13.2 Å². The van der Waals surface area contributed by atoms with E-state index >= 15 is 0 Å². The van der Waals surface area contributed by atoms with Crippen molar-refractivity contribution in [3.05, 3.63) is 53.3 Å². The number of carbonyl (C=O) groups is 1. The Bertz CT molecular complexity index is 603. The molecule has 5 heteroatoms. The molecule has 0 aliphatic carbocycles. The number of hydrogen-bond acceptors (Lipinski definition) is 2. The lowest BCUT2D eigenvalue weighted by Crippen LogP contribution is -2.07. The fourth-order valence-electron chi connectivity index (χ4n) is 1.72. The topological polar surface area (TPSA) is 30.0 Å². The predicted octanol–water partition coefficient (Wildman–Crippen LogP) is 3.89. The van der Waals surface area contributed by atoms with E-state index < -0.39 is 11.9 Å². The maximum Gasteiger partial charge on any atom is 0.433 e. The van der Waals surface area contributed by atoms with Crippen molar-refractivity contribution in [1.29, 1.82) is 0 Å². The molecule has 0 radical (unpaired) electrons. The fraction of sp³-hybridized carbons (Fsp3) is 0.143. The van der Waals surface area contributed by atoms with Crippen molar-refractivity contribution in [1.82, 2.24) is 4.98 Å². The first-order chi connectivity index (χ1) is 8.91. The number of benzene rings is 1. The molecule has 2 aromatic rings. The quantitative estimate of drug-likeness (QED) is 0.771. The van der Waals surface area contributed by atoms with Crippen molar-refractivity contribution < 1.29 is 18.0 Å². The van der Waals surface area contributed by atoms with Crippen LogP contribution in [0.1, 0.15) is 21.6 Å². The summed E-state index contributed by atoms with van der Waals surface area (Å²) in [6, 6.07) is 7.37. The molecule has 1 aromatic heterocycles. The molecule has 0 aliphatic rings. The smallest absolute Gasteiger partial charge is 0.298 e. The Hall–Kier alpha value is -2.17. The summed E-state index contributed by atoms with van der Waals surface area (Å²) in [5.41, 5.74) is 1.71. The molecular weight excluding hydrogens is 255 g/mol. The van der Waals surface area contributed by atoms with Crippen molar-refractivity contribution in [2.45, 2.75) is 13.1 Å². The van der Waals surface area contributed by atoms with Gasteiger partial charge in [0.05, 0.1) is 0 Å². The predicted molar refractivity (Wildman–Crippen MR) is 64.8 cm³/mol. The van der Waals surface area contributed by atoms with Crippen molar-refractivity contribution in [3.63, 3.8) is 0 Å². The van der Waals surface area contributed by atoms with E-state index in [4.69, 9.17) is 0 Å². The Morgan fingerprint density at radius 3 is 2.26 bits per heavy atom. The van der Waals surface area contributed by atoms with Crippen LogP contribution < -0.4 is 0 Å². The van der Waals surface area contributed by atoms with Gasteiger partial charge in [-0.1, -0.05) is 24.3 Å². The normalized spacial score (nSPS) is 11.4. The Kier molecular flexibility index (Phi) is 3.38. The van der Waals surface area contributed by atoms with Crippen molar-refractivity contribution >= 4 is 6.29 Å². The summed E-state index contributed by atoms with van der Waals surface area (Å²) in [4.78, 5) is 14.1. The zero-order valence-corrected chi connectivity index (χ0v) is 10.0. The minimum absolute atomic E-state index is 0.559. The highest BCUT2D eigenvalue weighted by Gasteiger charge is 2.32. The SMILES string of the molecule is Cc1cc(-c2ccc(C(F)(F)F)nc2)ccc1C=O. The van der Waals surface area contributed by atoms with Crippen LogP contribution in [0.2, 0.25) is 0 Å². The van der Waals surface area contributed by atoms with Gasteiger partial charge in [0.1, 0.15) is 12.0 Å². The number of halogens is 3. The monoisotopic (exact) mass is 265 g/mol. The van der Waals surface area contributed by atoms with Crippen LogP contribution in [-0.4, -0.2) is 11.3 Å². The third-order valence-electron chi connectivity index (χ3n) is 2.78. The molecule has 98 valence electrons. The van der Waals surface area contributed by atoms with Gasteiger partial charge >= 0.3 is 6.18 Å². The standard InChI is InChI=1S/C14H10F3NO/c1-9-6-10(2-3-12(9)8-19)11-4-5-13(18-7-11)14(15,16)17/h2-8H,1H3. The van der Waals surface area contributed by atoms with Crippen molar-refractivity contribution in [2.75, 3.05) is 0 Å². The lowest BCUT2D eigenvalue weighted by Gasteiger charge is -2.08. The van der Waals surface area contributed by atoms with Crippen LogP contribution in [0.25, 0.3) is 11.1 Å². The number of pyridine rings is 1. The third-order valence-corrected chi connectivity index (χ3v) is 2.78. The summed E-state index contributed by atoms with van der Waals surface area (Å²) in [6.07, 6.45) is -2.52. The maximum atomic E-state index is 12.4. The second-order valence-electron chi connectivity index (χ2n) is 4.12. The molecule has 19 heavy (non-hydrogen) atoms. The number of alkyl halides is 3. The molecule has 2 rings (SSSR count). The van der Waals surface area contributed by atoms with Gasteiger partial charge in [-0.15, -0.1) is 0 Å². The lowest BCUT2D eigenvalue weighted by molar-refractivity contribution is -0.141. The molecule has 1 heterocycles. The largest absolute Gasteiger partial charge is 0.433 e. The van der Waals surface area contributed by atoms with Gasteiger partial charge in [0.15, 0.2) is 0 Å². The van der Waals surface area contributed by atoms with E-state index in [0.29, 0.717) is 11.1 Å². The number of aromatic nitrogens is 1.